The highest BCUT2D eigenvalue weighted by Crippen LogP contribution is 2.25. The summed E-state index contributed by atoms with van der Waals surface area (Å²) in [5.74, 6) is -0.261. The second kappa shape index (κ2) is 5.48. The molecule has 5 nitrogen and oxygen atoms in total. The number of amides is 2. The van der Waals surface area contributed by atoms with Crippen LogP contribution in [0.1, 0.15) is 31.0 Å². The van der Waals surface area contributed by atoms with E-state index in [1.807, 2.05) is 31.2 Å². The number of aryl methyl sites for hydroxylation is 1. The maximum absolute atomic E-state index is 12.7. The average Bonchev–Trinajstić information content (AvgIpc) is 2.44. The van der Waals surface area contributed by atoms with E-state index in [-0.39, 0.29) is 11.8 Å². The SMILES string of the molecule is Cc1ccc(C(N)C(=O)N2CCN(C)C(=O)C2(C)C)cc1. The number of hydrogen-bond acceptors (Lipinski definition) is 3. The van der Waals surface area contributed by atoms with Crippen molar-refractivity contribution in [3.8, 4) is 0 Å². The predicted molar refractivity (Wildman–Crippen MR) is 81.5 cm³/mol. The fraction of sp³-hybridized carbons (Fsp3) is 0.500. The third-order valence-electron chi connectivity index (χ3n) is 4.17. The second-order valence-electron chi connectivity index (χ2n) is 6.16. The Balaban J connectivity index is 2.23. The normalized spacial score (nSPS) is 19.6. The Morgan fingerprint density at radius 1 is 1.24 bits per heavy atom. The van der Waals surface area contributed by atoms with Crippen LogP contribution in [0.4, 0.5) is 0 Å². The Morgan fingerprint density at radius 2 is 1.81 bits per heavy atom. The Hall–Kier alpha value is -1.88. The van der Waals surface area contributed by atoms with Crippen molar-refractivity contribution >= 4 is 11.8 Å². The minimum absolute atomic E-state index is 0.0572. The number of piperazine rings is 1. The summed E-state index contributed by atoms with van der Waals surface area (Å²) in [5.41, 5.74) is 7.14. The Bertz CT molecular complexity index is 551. The molecule has 1 aromatic rings. The zero-order valence-corrected chi connectivity index (χ0v) is 13.1. The maximum atomic E-state index is 12.7. The van der Waals surface area contributed by atoms with E-state index < -0.39 is 11.6 Å². The van der Waals surface area contributed by atoms with Gasteiger partial charge in [-0.25, -0.2) is 0 Å². The minimum atomic E-state index is -0.855. The van der Waals surface area contributed by atoms with Crippen LogP contribution in [-0.4, -0.2) is 47.3 Å². The second-order valence-corrected chi connectivity index (χ2v) is 6.16. The lowest BCUT2D eigenvalue weighted by atomic mass is 9.95. The van der Waals surface area contributed by atoms with Crippen molar-refractivity contribution < 1.29 is 9.59 Å². The van der Waals surface area contributed by atoms with Crippen LogP contribution in [0.3, 0.4) is 0 Å². The zero-order valence-electron chi connectivity index (χ0n) is 13.1. The highest BCUT2D eigenvalue weighted by atomic mass is 16.2. The highest BCUT2D eigenvalue weighted by Gasteiger charge is 2.44. The van der Waals surface area contributed by atoms with E-state index in [0.29, 0.717) is 13.1 Å². The molecule has 1 heterocycles. The van der Waals surface area contributed by atoms with E-state index in [1.54, 1.807) is 30.7 Å². The summed E-state index contributed by atoms with van der Waals surface area (Å²) in [7, 11) is 1.76. The molecule has 2 rings (SSSR count). The summed E-state index contributed by atoms with van der Waals surface area (Å²) in [6, 6.07) is 6.86. The number of carbonyl (C=O) groups excluding carboxylic acids is 2. The monoisotopic (exact) mass is 289 g/mol. The number of hydrogen-bond donors (Lipinski definition) is 1. The summed E-state index contributed by atoms with van der Waals surface area (Å²) < 4.78 is 0. The van der Waals surface area contributed by atoms with Gasteiger partial charge in [-0.2, -0.15) is 0 Å². The molecule has 21 heavy (non-hydrogen) atoms. The van der Waals surface area contributed by atoms with E-state index in [4.69, 9.17) is 5.73 Å². The third kappa shape index (κ3) is 2.78. The quantitative estimate of drug-likeness (QED) is 0.885. The van der Waals surface area contributed by atoms with Crippen LogP contribution in [0.25, 0.3) is 0 Å². The number of benzene rings is 1. The van der Waals surface area contributed by atoms with Gasteiger partial charge < -0.3 is 15.5 Å². The van der Waals surface area contributed by atoms with Crippen LogP contribution in [0.2, 0.25) is 0 Å². The van der Waals surface area contributed by atoms with Crippen LogP contribution in [0, 0.1) is 6.92 Å². The van der Waals surface area contributed by atoms with E-state index in [0.717, 1.165) is 11.1 Å². The molecule has 2 amide bonds. The first kappa shape index (κ1) is 15.5. The first-order chi connectivity index (χ1) is 9.75. The lowest BCUT2D eigenvalue weighted by Crippen LogP contribution is -2.64. The molecule has 0 saturated carbocycles. The number of rotatable bonds is 2. The first-order valence-corrected chi connectivity index (χ1v) is 7.14. The van der Waals surface area contributed by atoms with Crippen LogP contribution in [0.5, 0.6) is 0 Å². The fourth-order valence-electron chi connectivity index (χ4n) is 2.68. The topological polar surface area (TPSA) is 66.6 Å². The van der Waals surface area contributed by atoms with Crippen LogP contribution in [0.15, 0.2) is 24.3 Å². The fourth-order valence-corrected chi connectivity index (χ4v) is 2.68. The molecule has 1 unspecified atom stereocenters. The molecule has 1 fully saturated rings. The van der Waals surface area contributed by atoms with E-state index in [9.17, 15) is 9.59 Å². The van der Waals surface area contributed by atoms with Gasteiger partial charge in [-0.05, 0) is 26.3 Å². The first-order valence-electron chi connectivity index (χ1n) is 7.14. The van der Waals surface area contributed by atoms with Gasteiger partial charge in [-0.15, -0.1) is 0 Å². The van der Waals surface area contributed by atoms with Crippen molar-refractivity contribution in [1.29, 1.82) is 0 Å². The molecule has 1 aliphatic heterocycles. The molecule has 0 aliphatic carbocycles. The van der Waals surface area contributed by atoms with Gasteiger partial charge in [-0.1, -0.05) is 29.8 Å². The van der Waals surface area contributed by atoms with Gasteiger partial charge in [0.1, 0.15) is 11.6 Å². The molecule has 1 aromatic carbocycles. The molecule has 0 aromatic heterocycles. The van der Waals surface area contributed by atoms with E-state index in [1.165, 1.54) is 0 Å². The van der Waals surface area contributed by atoms with Crippen molar-refractivity contribution in [3.63, 3.8) is 0 Å². The van der Waals surface area contributed by atoms with E-state index >= 15 is 0 Å². The average molecular weight is 289 g/mol. The molecule has 1 aliphatic rings. The van der Waals surface area contributed by atoms with Gasteiger partial charge in [-0.3, -0.25) is 9.59 Å². The molecule has 2 N–H and O–H groups in total. The van der Waals surface area contributed by atoms with Crippen molar-refractivity contribution in [2.75, 3.05) is 20.1 Å². The molecular weight excluding hydrogens is 266 g/mol. The van der Waals surface area contributed by atoms with Gasteiger partial charge in [0.15, 0.2) is 0 Å². The Labute approximate surface area is 125 Å². The van der Waals surface area contributed by atoms with Gasteiger partial charge in [0.25, 0.3) is 0 Å². The van der Waals surface area contributed by atoms with Gasteiger partial charge in [0, 0.05) is 20.1 Å². The van der Waals surface area contributed by atoms with Crippen molar-refractivity contribution in [2.24, 2.45) is 5.73 Å². The number of nitrogens with zero attached hydrogens (tertiary/aromatic N) is 2. The Morgan fingerprint density at radius 3 is 2.38 bits per heavy atom. The van der Waals surface area contributed by atoms with E-state index in [2.05, 4.69) is 0 Å². The lowest BCUT2D eigenvalue weighted by molar-refractivity contribution is -0.158. The Kier molecular flexibility index (Phi) is 4.05. The number of nitrogens with two attached hydrogens (primary N) is 1. The van der Waals surface area contributed by atoms with Crippen molar-refractivity contribution in [3.05, 3.63) is 35.4 Å². The molecule has 0 spiro atoms. The number of likely N-dealkylation sites (N-methyl/N-ethyl adjacent to an activating group) is 1. The van der Waals surface area contributed by atoms with Crippen LogP contribution in [-0.2, 0) is 9.59 Å². The predicted octanol–water partition coefficient (Wildman–Crippen LogP) is 1.07. The molecule has 1 atom stereocenters. The standard InChI is InChI=1S/C16H23N3O2/c1-11-5-7-12(8-6-11)13(17)14(20)19-10-9-18(4)15(21)16(19,2)3/h5-8,13H,9-10,17H2,1-4H3. The third-order valence-corrected chi connectivity index (χ3v) is 4.17. The maximum Gasteiger partial charge on any atom is 0.247 e. The zero-order chi connectivity index (χ0) is 15.8. The molecule has 114 valence electrons. The molecule has 1 saturated heterocycles. The van der Waals surface area contributed by atoms with Crippen LogP contribution < -0.4 is 5.73 Å². The van der Waals surface area contributed by atoms with Crippen molar-refractivity contribution in [2.45, 2.75) is 32.4 Å². The van der Waals surface area contributed by atoms with Gasteiger partial charge >= 0.3 is 0 Å². The summed E-state index contributed by atoms with van der Waals surface area (Å²) >= 11 is 0. The molecule has 0 bridgehead atoms. The van der Waals surface area contributed by atoms with Crippen LogP contribution >= 0.6 is 0 Å². The molecule has 5 heteroatoms. The minimum Gasteiger partial charge on any atom is -0.342 e. The molecule has 0 radical (unpaired) electrons. The summed E-state index contributed by atoms with van der Waals surface area (Å²) in [6.45, 7) is 6.57. The largest absolute Gasteiger partial charge is 0.342 e. The van der Waals surface area contributed by atoms with Gasteiger partial charge in [0.2, 0.25) is 11.8 Å². The number of carbonyl (C=O) groups is 2. The summed E-state index contributed by atoms with van der Waals surface area (Å²) in [4.78, 5) is 28.2. The summed E-state index contributed by atoms with van der Waals surface area (Å²) in [5, 5.41) is 0. The highest BCUT2D eigenvalue weighted by molar-refractivity contribution is 5.93. The summed E-state index contributed by atoms with van der Waals surface area (Å²) in [6.07, 6.45) is 0. The van der Waals surface area contributed by atoms with Crippen molar-refractivity contribution in [1.82, 2.24) is 9.80 Å². The lowest BCUT2D eigenvalue weighted by Gasteiger charge is -2.45. The smallest absolute Gasteiger partial charge is 0.247 e. The molecular formula is C16H23N3O2. The van der Waals surface area contributed by atoms with Gasteiger partial charge in [0.05, 0.1) is 0 Å².